The first kappa shape index (κ1) is 16.2. The number of pyridine rings is 1. The number of nitrogens with zero attached hydrogens (tertiary/aromatic N) is 3. The van der Waals surface area contributed by atoms with E-state index in [9.17, 15) is 4.79 Å². The Hall–Kier alpha value is -2.25. The monoisotopic (exact) mass is 341 g/mol. The molecule has 0 unspecified atom stereocenters. The third kappa shape index (κ3) is 3.72. The fourth-order valence-electron chi connectivity index (χ4n) is 3.50. The van der Waals surface area contributed by atoms with Gasteiger partial charge in [-0.3, -0.25) is 9.78 Å². The van der Waals surface area contributed by atoms with E-state index >= 15 is 0 Å². The number of nitrogens with one attached hydrogen (secondary N) is 2. The van der Waals surface area contributed by atoms with Crippen molar-refractivity contribution >= 4 is 5.91 Å². The second kappa shape index (κ2) is 7.33. The third-order valence-corrected chi connectivity index (χ3v) is 4.91. The standard InChI is InChI=1S/C18H23N5O2/c24-18(15-10-23-8-7-20-6-3-17(23)21-15)22-16-12-25-11-14(16)9-13-1-4-19-5-2-13/h1-2,4-5,10,14,16,20H,3,6-9,11-12H2,(H,22,24)/t14-,16-/m1/s1. The van der Waals surface area contributed by atoms with Gasteiger partial charge in [-0.1, -0.05) is 0 Å². The number of imidazole rings is 1. The maximum atomic E-state index is 12.6. The molecule has 0 aliphatic carbocycles. The summed E-state index contributed by atoms with van der Waals surface area (Å²) in [5, 5.41) is 6.45. The van der Waals surface area contributed by atoms with Gasteiger partial charge in [0.15, 0.2) is 0 Å². The first-order valence-electron chi connectivity index (χ1n) is 8.84. The number of carbonyl (C=O) groups excluding carboxylic acids is 1. The van der Waals surface area contributed by atoms with E-state index in [1.54, 1.807) is 12.4 Å². The summed E-state index contributed by atoms with van der Waals surface area (Å²) in [6.45, 7) is 3.89. The highest BCUT2D eigenvalue weighted by molar-refractivity contribution is 5.92. The maximum Gasteiger partial charge on any atom is 0.271 e. The van der Waals surface area contributed by atoms with Crippen LogP contribution in [-0.2, 0) is 24.1 Å². The molecule has 0 radical (unpaired) electrons. The molecular weight excluding hydrogens is 318 g/mol. The molecule has 0 bridgehead atoms. The molecule has 2 aliphatic heterocycles. The van der Waals surface area contributed by atoms with Gasteiger partial charge in [0.25, 0.3) is 5.91 Å². The molecule has 2 aromatic heterocycles. The van der Waals surface area contributed by atoms with E-state index in [1.165, 1.54) is 5.56 Å². The van der Waals surface area contributed by atoms with E-state index in [1.807, 2.05) is 18.3 Å². The van der Waals surface area contributed by atoms with E-state index in [0.29, 0.717) is 18.9 Å². The zero-order valence-corrected chi connectivity index (χ0v) is 14.1. The Labute approximate surface area is 146 Å². The largest absolute Gasteiger partial charge is 0.379 e. The van der Waals surface area contributed by atoms with E-state index in [4.69, 9.17) is 4.74 Å². The molecule has 7 heteroatoms. The number of hydrogen-bond acceptors (Lipinski definition) is 5. The molecule has 25 heavy (non-hydrogen) atoms. The van der Waals surface area contributed by atoms with Crippen molar-refractivity contribution in [1.29, 1.82) is 0 Å². The summed E-state index contributed by atoms with van der Waals surface area (Å²) in [7, 11) is 0. The Balaban J connectivity index is 1.41. The molecule has 1 amide bonds. The summed E-state index contributed by atoms with van der Waals surface area (Å²) < 4.78 is 7.69. The van der Waals surface area contributed by atoms with Crippen LogP contribution >= 0.6 is 0 Å². The van der Waals surface area contributed by atoms with Gasteiger partial charge in [-0.15, -0.1) is 0 Å². The minimum Gasteiger partial charge on any atom is -0.379 e. The summed E-state index contributed by atoms with van der Waals surface area (Å²) in [4.78, 5) is 21.2. The van der Waals surface area contributed by atoms with Gasteiger partial charge in [-0.25, -0.2) is 4.98 Å². The zero-order chi connectivity index (χ0) is 17.1. The number of amides is 1. The smallest absolute Gasteiger partial charge is 0.271 e. The summed E-state index contributed by atoms with van der Waals surface area (Å²) in [5.74, 6) is 1.14. The van der Waals surface area contributed by atoms with Crippen molar-refractivity contribution in [3.05, 3.63) is 47.8 Å². The van der Waals surface area contributed by atoms with Gasteiger partial charge in [0.05, 0.1) is 19.3 Å². The Morgan fingerprint density at radius 2 is 2.20 bits per heavy atom. The molecule has 1 fully saturated rings. The predicted octanol–water partition coefficient (Wildman–Crippen LogP) is 0.411. The van der Waals surface area contributed by atoms with Crippen molar-refractivity contribution in [3.8, 4) is 0 Å². The van der Waals surface area contributed by atoms with Crippen molar-refractivity contribution in [2.45, 2.75) is 25.4 Å². The van der Waals surface area contributed by atoms with Gasteiger partial charge in [0.1, 0.15) is 11.5 Å². The second-order valence-corrected chi connectivity index (χ2v) is 6.67. The Morgan fingerprint density at radius 1 is 1.32 bits per heavy atom. The molecule has 1 saturated heterocycles. The lowest BCUT2D eigenvalue weighted by atomic mass is 9.95. The molecule has 0 spiro atoms. The first-order valence-corrected chi connectivity index (χ1v) is 8.84. The summed E-state index contributed by atoms with van der Waals surface area (Å²) >= 11 is 0. The average Bonchev–Trinajstić information content (AvgIpc) is 3.17. The topological polar surface area (TPSA) is 81.1 Å². The third-order valence-electron chi connectivity index (χ3n) is 4.91. The molecule has 7 nitrogen and oxygen atoms in total. The molecule has 0 saturated carbocycles. The summed E-state index contributed by atoms with van der Waals surface area (Å²) in [6.07, 6.45) is 7.19. The zero-order valence-electron chi connectivity index (χ0n) is 14.1. The lowest BCUT2D eigenvalue weighted by molar-refractivity contribution is 0.0920. The van der Waals surface area contributed by atoms with Crippen LogP contribution in [0, 0.1) is 5.92 Å². The minimum atomic E-state index is -0.108. The van der Waals surface area contributed by atoms with Crippen LogP contribution in [0.15, 0.2) is 30.7 Å². The first-order chi connectivity index (χ1) is 12.3. The number of aromatic nitrogens is 3. The van der Waals surface area contributed by atoms with Crippen molar-refractivity contribution in [1.82, 2.24) is 25.2 Å². The molecule has 2 aromatic rings. The van der Waals surface area contributed by atoms with Gasteiger partial charge >= 0.3 is 0 Å². The highest BCUT2D eigenvalue weighted by Gasteiger charge is 2.30. The van der Waals surface area contributed by atoms with E-state index in [2.05, 4.69) is 25.2 Å². The molecule has 2 N–H and O–H groups in total. The van der Waals surface area contributed by atoms with E-state index in [-0.39, 0.29) is 17.9 Å². The lowest BCUT2D eigenvalue weighted by Gasteiger charge is -2.18. The van der Waals surface area contributed by atoms with Crippen LogP contribution < -0.4 is 10.6 Å². The summed E-state index contributed by atoms with van der Waals surface area (Å²) in [5.41, 5.74) is 1.72. The minimum absolute atomic E-state index is 0.0174. The van der Waals surface area contributed by atoms with Crippen molar-refractivity contribution in [2.24, 2.45) is 5.92 Å². The summed E-state index contributed by atoms with van der Waals surface area (Å²) in [6, 6.07) is 4.04. The normalized spacial score (nSPS) is 23.0. The van der Waals surface area contributed by atoms with Crippen LogP contribution in [-0.4, -0.2) is 52.8 Å². The van der Waals surface area contributed by atoms with Crippen LogP contribution in [0.1, 0.15) is 21.9 Å². The van der Waals surface area contributed by atoms with Crippen LogP contribution in [0.25, 0.3) is 0 Å². The molecule has 2 atom stereocenters. The predicted molar refractivity (Wildman–Crippen MR) is 92.3 cm³/mol. The van der Waals surface area contributed by atoms with Crippen molar-refractivity contribution < 1.29 is 9.53 Å². The SMILES string of the molecule is O=C(N[C@@H]1COC[C@H]1Cc1ccncc1)c1cn2c(n1)CCNCC2. The maximum absolute atomic E-state index is 12.6. The van der Waals surface area contributed by atoms with E-state index < -0.39 is 0 Å². The fraction of sp³-hybridized carbons (Fsp3) is 0.500. The van der Waals surface area contributed by atoms with Gasteiger partial charge < -0.3 is 19.9 Å². The Kier molecular flexibility index (Phi) is 4.76. The highest BCUT2D eigenvalue weighted by Crippen LogP contribution is 2.19. The number of carbonyl (C=O) groups is 1. The fourth-order valence-corrected chi connectivity index (χ4v) is 3.50. The second-order valence-electron chi connectivity index (χ2n) is 6.67. The molecular formula is C18H23N5O2. The number of hydrogen-bond donors (Lipinski definition) is 2. The molecule has 0 aromatic carbocycles. The quantitative estimate of drug-likeness (QED) is 0.842. The Morgan fingerprint density at radius 3 is 3.08 bits per heavy atom. The number of fused-ring (bicyclic) bond motifs is 1. The van der Waals surface area contributed by atoms with Crippen LogP contribution in [0.5, 0.6) is 0 Å². The lowest BCUT2D eigenvalue weighted by Crippen LogP contribution is -2.40. The van der Waals surface area contributed by atoms with Crippen LogP contribution in [0.2, 0.25) is 0 Å². The van der Waals surface area contributed by atoms with Crippen molar-refractivity contribution in [3.63, 3.8) is 0 Å². The van der Waals surface area contributed by atoms with Crippen LogP contribution in [0.3, 0.4) is 0 Å². The molecule has 132 valence electrons. The number of rotatable bonds is 4. The van der Waals surface area contributed by atoms with Crippen molar-refractivity contribution in [2.75, 3.05) is 26.3 Å². The Bertz CT molecular complexity index is 707. The van der Waals surface area contributed by atoms with Gasteiger partial charge in [-0.05, 0) is 24.1 Å². The van der Waals surface area contributed by atoms with Gasteiger partial charge in [0.2, 0.25) is 0 Å². The van der Waals surface area contributed by atoms with Gasteiger partial charge in [0, 0.05) is 50.6 Å². The number of ether oxygens (including phenoxy) is 1. The average molecular weight is 341 g/mol. The van der Waals surface area contributed by atoms with E-state index in [0.717, 1.165) is 38.3 Å². The molecule has 2 aliphatic rings. The molecule has 4 rings (SSSR count). The highest BCUT2D eigenvalue weighted by atomic mass is 16.5. The van der Waals surface area contributed by atoms with Crippen LogP contribution in [0.4, 0.5) is 0 Å². The molecule has 4 heterocycles. The van der Waals surface area contributed by atoms with Gasteiger partial charge in [-0.2, -0.15) is 0 Å².